The Hall–Kier alpha value is -6.24. The Bertz CT molecular complexity index is 2300. The first-order valence-electron chi connectivity index (χ1n) is 16.8. The molecule has 3 aliphatic heterocycles. The van der Waals surface area contributed by atoms with Crippen LogP contribution in [0.15, 0.2) is 164 Å². The first-order chi connectivity index (χ1) is 24.6. The van der Waals surface area contributed by atoms with Crippen LogP contribution in [0.3, 0.4) is 0 Å². The fourth-order valence-electron chi connectivity index (χ4n) is 8.74. The predicted octanol–water partition coefficient (Wildman–Crippen LogP) is 8.30. The topological polar surface area (TPSA) is 72.4 Å². The maximum Gasteiger partial charge on any atom is 0.241 e. The summed E-state index contributed by atoms with van der Waals surface area (Å²) in [5, 5.41) is 11.5. The van der Waals surface area contributed by atoms with Crippen LogP contribution in [-0.2, 0) is 25.5 Å². The Morgan fingerprint density at radius 3 is 1.24 bits per heavy atom. The lowest BCUT2D eigenvalue weighted by molar-refractivity contribution is -0.131. The average Bonchev–Trinajstić information content (AvgIpc) is 3.78. The highest BCUT2D eigenvalue weighted by atomic mass is 16.5. The fraction of sp³-hybridized carbons (Fsp3) is 0.0909. The molecule has 6 aromatic carbocycles. The third-order valence-corrected chi connectivity index (χ3v) is 10.7. The Morgan fingerprint density at radius 1 is 0.480 bits per heavy atom. The molecular formula is C44H29N3O3. The van der Waals surface area contributed by atoms with Crippen LogP contribution in [0.4, 0.5) is 5.69 Å². The second kappa shape index (κ2) is 10.6. The zero-order valence-electron chi connectivity index (χ0n) is 26.8. The summed E-state index contributed by atoms with van der Waals surface area (Å²) in [5.41, 5.74) is 4.75. The second-order valence-corrected chi connectivity index (χ2v) is 13.2. The van der Waals surface area contributed by atoms with E-state index in [1.54, 1.807) is 0 Å². The molecule has 4 atom stereocenters. The van der Waals surface area contributed by atoms with Gasteiger partial charge >= 0.3 is 0 Å². The Kier molecular flexibility index (Phi) is 6.11. The van der Waals surface area contributed by atoms with Crippen LogP contribution in [0.25, 0.3) is 33.3 Å². The van der Waals surface area contributed by atoms with Crippen molar-refractivity contribution in [2.75, 3.05) is 4.90 Å². The van der Waals surface area contributed by atoms with Gasteiger partial charge in [0.2, 0.25) is 11.8 Å². The van der Waals surface area contributed by atoms with Gasteiger partial charge in [-0.1, -0.05) is 140 Å². The number of fused-ring (bicyclic) bond motifs is 9. The third-order valence-electron chi connectivity index (χ3n) is 10.7. The van der Waals surface area contributed by atoms with Gasteiger partial charge in [-0.05, 0) is 46.5 Å². The second-order valence-electron chi connectivity index (χ2n) is 13.2. The summed E-state index contributed by atoms with van der Waals surface area (Å²) >= 11 is 0. The zero-order valence-corrected chi connectivity index (χ0v) is 26.8. The number of hydrogen-bond donors (Lipinski definition) is 0. The van der Waals surface area contributed by atoms with Crippen molar-refractivity contribution >= 4 is 28.3 Å². The first kappa shape index (κ1) is 28.7. The monoisotopic (exact) mass is 647 g/mol. The van der Waals surface area contributed by atoms with Gasteiger partial charge in [0.25, 0.3) is 0 Å². The number of para-hydroxylation sites is 1. The molecule has 2 amide bonds. The third kappa shape index (κ3) is 3.71. The van der Waals surface area contributed by atoms with E-state index >= 15 is 0 Å². The number of benzene rings is 6. The smallest absolute Gasteiger partial charge is 0.241 e. The number of hydrogen-bond acceptors (Lipinski definition) is 5. The summed E-state index contributed by atoms with van der Waals surface area (Å²) < 4.78 is 7.54. The van der Waals surface area contributed by atoms with E-state index in [-0.39, 0.29) is 11.8 Å². The van der Waals surface area contributed by atoms with Crippen molar-refractivity contribution < 1.29 is 14.3 Å². The van der Waals surface area contributed by atoms with Crippen molar-refractivity contribution in [3.63, 3.8) is 0 Å². The number of imide groups is 1. The molecular weight excluding hydrogens is 619 g/mol. The molecule has 6 heteroatoms. The van der Waals surface area contributed by atoms with Crippen LogP contribution < -0.4 is 4.90 Å². The molecule has 2 fully saturated rings. The number of rotatable bonds is 5. The van der Waals surface area contributed by atoms with Crippen molar-refractivity contribution in [2.24, 2.45) is 11.8 Å². The van der Waals surface area contributed by atoms with Crippen molar-refractivity contribution in [2.45, 2.75) is 11.2 Å². The minimum absolute atomic E-state index is 0.264. The highest BCUT2D eigenvalue weighted by molar-refractivity contribution is 6.24. The Labute approximate surface area is 288 Å². The molecule has 4 heterocycles. The van der Waals surface area contributed by atoms with Crippen LogP contribution in [0.2, 0.25) is 0 Å². The molecule has 10 rings (SSSR count). The van der Waals surface area contributed by atoms with Crippen molar-refractivity contribution in [1.29, 1.82) is 0 Å². The van der Waals surface area contributed by atoms with Crippen molar-refractivity contribution in [3.8, 4) is 22.5 Å². The number of anilines is 1. The molecule has 50 heavy (non-hydrogen) atoms. The molecule has 7 aromatic rings. The summed E-state index contributed by atoms with van der Waals surface area (Å²) in [7, 11) is 0. The van der Waals surface area contributed by atoms with E-state index in [4.69, 9.17) is 14.9 Å². The summed E-state index contributed by atoms with van der Waals surface area (Å²) in [4.78, 5) is 31.3. The molecule has 238 valence electrons. The van der Waals surface area contributed by atoms with Gasteiger partial charge in [-0.25, -0.2) is 4.90 Å². The van der Waals surface area contributed by atoms with Gasteiger partial charge in [-0.3, -0.25) is 9.59 Å². The van der Waals surface area contributed by atoms with E-state index in [2.05, 4.69) is 12.1 Å². The van der Waals surface area contributed by atoms with Crippen molar-refractivity contribution in [1.82, 2.24) is 10.2 Å². The lowest BCUT2D eigenvalue weighted by Gasteiger charge is -2.35. The molecule has 3 aliphatic rings. The average molecular weight is 648 g/mol. The normalized spacial score (nSPS) is 23.3. The maximum absolute atomic E-state index is 14.9. The SMILES string of the molecule is O=C1C2C(C(=O)N1c1ccccc1)C1(c3ccccc3)OC2(c2ccccc2)c2cc3c(-c4ccccc4)nnc(-c4ccccc4)c3cc21. The van der Waals surface area contributed by atoms with Crippen LogP contribution >= 0.6 is 0 Å². The van der Waals surface area contributed by atoms with Gasteiger partial charge in [0.1, 0.15) is 22.6 Å². The summed E-state index contributed by atoms with van der Waals surface area (Å²) in [6, 6.07) is 53.5. The lowest BCUT2D eigenvalue weighted by Crippen LogP contribution is -2.42. The molecule has 0 saturated carbocycles. The lowest BCUT2D eigenvalue weighted by atomic mass is 9.61. The number of amides is 2. The zero-order chi connectivity index (χ0) is 33.5. The van der Waals surface area contributed by atoms with Crippen LogP contribution in [0, 0.1) is 11.8 Å². The van der Waals surface area contributed by atoms with E-state index in [9.17, 15) is 9.59 Å². The molecule has 0 spiro atoms. The number of nitrogens with zero attached hydrogens (tertiary/aromatic N) is 3. The highest BCUT2D eigenvalue weighted by Gasteiger charge is 2.78. The molecule has 4 unspecified atom stereocenters. The molecule has 0 radical (unpaired) electrons. The van der Waals surface area contributed by atoms with E-state index < -0.39 is 23.0 Å². The summed E-state index contributed by atoms with van der Waals surface area (Å²) in [5.74, 6) is -2.16. The fourth-order valence-corrected chi connectivity index (χ4v) is 8.74. The molecule has 1 aromatic heterocycles. The highest BCUT2D eigenvalue weighted by Crippen LogP contribution is 2.71. The molecule has 0 N–H and O–H groups in total. The van der Waals surface area contributed by atoms with E-state index in [0.29, 0.717) is 5.69 Å². The van der Waals surface area contributed by atoms with Gasteiger partial charge in [-0.15, -0.1) is 10.2 Å². The van der Waals surface area contributed by atoms with Gasteiger partial charge in [0.15, 0.2) is 0 Å². The van der Waals surface area contributed by atoms with E-state index in [0.717, 1.165) is 55.5 Å². The number of carbonyl (C=O) groups excluding carboxylic acids is 2. The molecule has 6 nitrogen and oxygen atoms in total. The van der Waals surface area contributed by atoms with E-state index in [1.807, 2.05) is 152 Å². The van der Waals surface area contributed by atoms with E-state index in [1.165, 1.54) is 4.90 Å². The molecule has 0 aliphatic carbocycles. The molecule has 2 bridgehead atoms. The quantitative estimate of drug-likeness (QED) is 0.176. The maximum atomic E-state index is 14.9. The van der Waals surface area contributed by atoms with Gasteiger partial charge in [0.05, 0.1) is 17.5 Å². The summed E-state index contributed by atoms with van der Waals surface area (Å²) in [6.45, 7) is 0. The first-order valence-corrected chi connectivity index (χ1v) is 16.8. The van der Waals surface area contributed by atoms with Gasteiger partial charge in [-0.2, -0.15) is 0 Å². The van der Waals surface area contributed by atoms with Crippen LogP contribution in [-0.4, -0.2) is 22.0 Å². The standard InChI is InChI=1S/C44H29N3O3/c48-41-37-38(42(49)47(41)32-24-14-5-15-25-32)44(31-22-12-4-13-23-31)36-27-34-33(26-35(36)43(37,50-44)30-20-10-3-11-21-30)39(28-16-6-1-7-17-28)45-46-40(34)29-18-8-2-9-19-29/h1-27,37-38H. The number of ether oxygens (including phenoxy) is 1. The summed E-state index contributed by atoms with van der Waals surface area (Å²) in [6.07, 6.45) is 0. The molecule has 2 saturated heterocycles. The Balaban J connectivity index is 1.35. The van der Waals surface area contributed by atoms with Gasteiger partial charge < -0.3 is 4.74 Å². The minimum atomic E-state index is -1.26. The minimum Gasteiger partial charge on any atom is -0.348 e. The van der Waals surface area contributed by atoms with Crippen LogP contribution in [0.5, 0.6) is 0 Å². The predicted molar refractivity (Wildman–Crippen MR) is 192 cm³/mol. The number of aromatic nitrogens is 2. The Morgan fingerprint density at radius 2 is 0.840 bits per heavy atom. The number of carbonyl (C=O) groups is 2. The van der Waals surface area contributed by atoms with Crippen LogP contribution in [0.1, 0.15) is 22.3 Å². The van der Waals surface area contributed by atoms with Crippen molar-refractivity contribution in [3.05, 3.63) is 186 Å². The largest absolute Gasteiger partial charge is 0.348 e. The van der Waals surface area contributed by atoms with Gasteiger partial charge in [0, 0.05) is 21.9 Å².